The fraction of sp³-hybridized carbons (Fsp3) is 0.389. The van der Waals surface area contributed by atoms with Gasteiger partial charge in [0.05, 0.1) is 13.2 Å². The van der Waals surface area contributed by atoms with Crippen molar-refractivity contribution in [1.82, 2.24) is 9.88 Å². The van der Waals surface area contributed by atoms with E-state index in [9.17, 15) is 9.59 Å². The molecule has 0 aliphatic carbocycles. The van der Waals surface area contributed by atoms with Crippen molar-refractivity contribution in [1.29, 1.82) is 0 Å². The highest BCUT2D eigenvalue weighted by molar-refractivity contribution is 7.09. The number of esters is 1. The van der Waals surface area contributed by atoms with Gasteiger partial charge in [0, 0.05) is 21.5 Å². The van der Waals surface area contributed by atoms with E-state index in [1.54, 1.807) is 41.5 Å². The van der Waals surface area contributed by atoms with E-state index in [2.05, 4.69) is 4.98 Å². The van der Waals surface area contributed by atoms with E-state index in [1.807, 2.05) is 20.8 Å². The molecule has 7 heteroatoms. The van der Waals surface area contributed by atoms with Crippen LogP contribution in [0.3, 0.4) is 0 Å². The van der Waals surface area contributed by atoms with Crippen molar-refractivity contribution < 1.29 is 14.3 Å². The second-order valence-corrected chi connectivity index (χ2v) is 7.80. The third-order valence-electron chi connectivity index (χ3n) is 3.46. The number of amides is 1. The Morgan fingerprint density at radius 2 is 2.04 bits per heavy atom. The molecule has 0 atom stereocenters. The summed E-state index contributed by atoms with van der Waals surface area (Å²) in [6, 6.07) is 6.86. The molecule has 5 nitrogen and oxygen atoms in total. The van der Waals surface area contributed by atoms with Crippen LogP contribution in [0.1, 0.15) is 53.5 Å². The van der Waals surface area contributed by atoms with Crippen molar-refractivity contribution in [3.05, 3.63) is 50.9 Å². The maximum atomic E-state index is 12.9. The Balaban J connectivity index is 2.25. The largest absolute Gasteiger partial charge is 0.461 e. The summed E-state index contributed by atoms with van der Waals surface area (Å²) in [5.74, 6) is -0.587. The van der Waals surface area contributed by atoms with Crippen molar-refractivity contribution in [2.24, 2.45) is 0 Å². The predicted octanol–water partition coefficient (Wildman–Crippen LogP) is 4.41. The van der Waals surface area contributed by atoms with Crippen molar-refractivity contribution in [2.75, 3.05) is 6.61 Å². The number of nitrogens with zero attached hydrogens (tertiary/aromatic N) is 2. The van der Waals surface area contributed by atoms with Crippen molar-refractivity contribution in [3.8, 4) is 0 Å². The fourth-order valence-corrected chi connectivity index (χ4v) is 3.15. The van der Waals surface area contributed by atoms with E-state index in [0.717, 1.165) is 0 Å². The van der Waals surface area contributed by atoms with Crippen LogP contribution in [0.25, 0.3) is 0 Å². The van der Waals surface area contributed by atoms with E-state index in [1.165, 1.54) is 11.3 Å². The lowest BCUT2D eigenvalue weighted by molar-refractivity contribution is 0.0520. The number of benzene rings is 1. The molecule has 1 amide bonds. The van der Waals surface area contributed by atoms with Crippen LogP contribution in [0, 0.1) is 0 Å². The van der Waals surface area contributed by atoms with Crippen molar-refractivity contribution in [3.63, 3.8) is 0 Å². The number of rotatable bonds is 5. The van der Waals surface area contributed by atoms with Gasteiger partial charge in [-0.25, -0.2) is 9.78 Å². The van der Waals surface area contributed by atoms with Gasteiger partial charge in [-0.2, -0.15) is 0 Å². The number of carbonyl (C=O) groups excluding carboxylic acids is 2. The topological polar surface area (TPSA) is 59.5 Å². The van der Waals surface area contributed by atoms with E-state index in [4.69, 9.17) is 16.3 Å². The summed E-state index contributed by atoms with van der Waals surface area (Å²) in [5.41, 5.74) is 0.366. The van der Waals surface area contributed by atoms with E-state index in [0.29, 0.717) is 28.7 Å². The van der Waals surface area contributed by atoms with Gasteiger partial charge in [0.1, 0.15) is 5.01 Å². The average Bonchev–Trinajstić information content (AvgIpc) is 3.00. The first kappa shape index (κ1) is 19.4. The minimum atomic E-state index is -0.450. The van der Waals surface area contributed by atoms with Crippen LogP contribution in [0.5, 0.6) is 0 Å². The number of halogens is 1. The van der Waals surface area contributed by atoms with Crippen LogP contribution >= 0.6 is 22.9 Å². The molecule has 0 bridgehead atoms. The molecule has 0 unspecified atom stereocenters. The Morgan fingerprint density at radius 3 is 2.64 bits per heavy atom. The molecule has 1 aromatic carbocycles. The zero-order valence-electron chi connectivity index (χ0n) is 14.7. The van der Waals surface area contributed by atoms with Crippen LogP contribution in [0.15, 0.2) is 29.6 Å². The van der Waals surface area contributed by atoms with Crippen LogP contribution < -0.4 is 0 Å². The van der Waals surface area contributed by atoms with Crippen LogP contribution in [0.2, 0.25) is 5.02 Å². The van der Waals surface area contributed by atoms with Crippen LogP contribution in [-0.4, -0.2) is 33.9 Å². The molecule has 0 saturated heterocycles. The highest BCUT2D eigenvalue weighted by Gasteiger charge is 2.29. The maximum absolute atomic E-state index is 12.9. The summed E-state index contributed by atoms with van der Waals surface area (Å²) >= 11 is 7.34. The third kappa shape index (κ3) is 5.03. The number of hydrogen-bond donors (Lipinski definition) is 0. The summed E-state index contributed by atoms with van der Waals surface area (Å²) < 4.78 is 4.95. The summed E-state index contributed by atoms with van der Waals surface area (Å²) in [7, 11) is 0. The van der Waals surface area contributed by atoms with Crippen molar-refractivity contribution >= 4 is 34.8 Å². The highest BCUT2D eigenvalue weighted by Crippen LogP contribution is 2.23. The van der Waals surface area contributed by atoms with Gasteiger partial charge in [0.25, 0.3) is 5.91 Å². The minimum Gasteiger partial charge on any atom is -0.461 e. The fourth-order valence-electron chi connectivity index (χ4n) is 2.21. The minimum absolute atomic E-state index is 0.136. The predicted molar refractivity (Wildman–Crippen MR) is 99.1 cm³/mol. The van der Waals surface area contributed by atoms with Gasteiger partial charge in [-0.1, -0.05) is 17.7 Å². The lowest BCUT2D eigenvalue weighted by Gasteiger charge is -2.35. The highest BCUT2D eigenvalue weighted by atomic mass is 35.5. The Labute approximate surface area is 156 Å². The lowest BCUT2D eigenvalue weighted by atomic mass is 10.0. The van der Waals surface area contributed by atoms with Gasteiger partial charge in [0.15, 0.2) is 5.69 Å². The molecular weight excluding hydrogens is 360 g/mol. The van der Waals surface area contributed by atoms with E-state index < -0.39 is 11.5 Å². The van der Waals surface area contributed by atoms with Gasteiger partial charge >= 0.3 is 5.97 Å². The second kappa shape index (κ2) is 7.97. The Hall–Kier alpha value is -1.92. The SMILES string of the molecule is CCOC(=O)c1csc(CN(C(=O)c2cccc(Cl)c2)C(C)(C)C)n1. The summed E-state index contributed by atoms with van der Waals surface area (Å²) in [5, 5.41) is 2.84. The molecule has 0 N–H and O–H groups in total. The quantitative estimate of drug-likeness (QED) is 0.720. The number of aromatic nitrogens is 1. The smallest absolute Gasteiger partial charge is 0.357 e. The number of carbonyl (C=O) groups is 2. The number of hydrogen-bond acceptors (Lipinski definition) is 5. The third-order valence-corrected chi connectivity index (χ3v) is 4.52. The molecule has 0 aliphatic heterocycles. The average molecular weight is 381 g/mol. The Morgan fingerprint density at radius 1 is 1.32 bits per heavy atom. The Bertz CT molecular complexity index is 768. The van der Waals surface area contributed by atoms with Crippen LogP contribution in [-0.2, 0) is 11.3 Å². The lowest BCUT2D eigenvalue weighted by Crippen LogP contribution is -2.45. The monoisotopic (exact) mass is 380 g/mol. The van der Waals surface area contributed by atoms with E-state index >= 15 is 0 Å². The molecule has 1 aromatic heterocycles. The zero-order chi connectivity index (χ0) is 18.6. The maximum Gasteiger partial charge on any atom is 0.357 e. The summed E-state index contributed by atoms with van der Waals surface area (Å²) in [6.45, 7) is 8.21. The molecule has 0 radical (unpaired) electrons. The van der Waals surface area contributed by atoms with Gasteiger partial charge in [-0.3, -0.25) is 4.79 Å². The molecule has 2 aromatic rings. The number of thiazole rings is 1. The molecular formula is C18H21ClN2O3S. The molecule has 0 fully saturated rings. The zero-order valence-corrected chi connectivity index (χ0v) is 16.3. The molecule has 0 saturated carbocycles. The van der Waals surface area contributed by atoms with Crippen LogP contribution in [0.4, 0.5) is 0 Å². The first-order valence-electron chi connectivity index (χ1n) is 7.91. The normalized spacial score (nSPS) is 11.2. The molecule has 2 rings (SSSR count). The molecule has 0 aliphatic rings. The molecule has 134 valence electrons. The van der Waals surface area contributed by atoms with Gasteiger partial charge in [-0.05, 0) is 45.9 Å². The first-order valence-corrected chi connectivity index (χ1v) is 9.17. The van der Waals surface area contributed by atoms with Gasteiger partial charge < -0.3 is 9.64 Å². The summed E-state index contributed by atoms with van der Waals surface area (Å²) in [6.07, 6.45) is 0. The first-order chi connectivity index (χ1) is 11.7. The second-order valence-electron chi connectivity index (χ2n) is 6.42. The van der Waals surface area contributed by atoms with Gasteiger partial charge in [0.2, 0.25) is 0 Å². The standard InChI is InChI=1S/C18H21ClN2O3S/c1-5-24-17(23)14-11-25-15(20-14)10-21(18(2,3)4)16(22)12-7-6-8-13(19)9-12/h6-9,11H,5,10H2,1-4H3. The van der Waals surface area contributed by atoms with E-state index in [-0.39, 0.29) is 11.6 Å². The molecule has 1 heterocycles. The summed E-state index contributed by atoms with van der Waals surface area (Å²) in [4.78, 5) is 30.7. The number of ether oxygens (including phenoxy) is 1. The molecule has 25 heavy (non-hydrogen) atoms. The molecule has 0 spiro atoms. The van der Waals surface area contributed by atoms with Crippen molar-refractivity contribution in [2.45, 2.75) is 39.8 Å². The Kier molecular flexibility index (Phi) is 6.19. The van der Waals surface area contributed by atoms with Gasteiger partial charge in [-0.15, -0.1) is 11.3 Å².